The summed E-state index contributed by atoms with van der Waals surface area (Å²) >= 11 is 0. The van der Waals surface area contributed by atoms with E-state index >= 15 is 0 Å². The van der Waals surface area contributed by atoms with E-state index in [0.717, 1.165) is 11.1 Å². The number of aromatic nitrogens is 2. The van der Waals surface area contributed by atoms with Crippen molar-refractivity contribution in [1.82, 2.24) is 9.97 Å². The third kappa shape index (κ3) is 1.86. The van der Waals surface area contributed by atoms with Crippen LogP contribution in [0.3, 0.4) is 0 Å². The van der Waals surface area contributed by atoms with Crippen molar-refractivity contribution in [2.75, 3.05) is 5.73 Å². The SMILES string of the molecule is Cc1ccc(-c2nc(N)ncc2C)cc1F. The molecule has 3 nitrogen and oxygen atoms in total. The molecule has 0 atom stereocenters. The summed E-state index contributed by atoms with van der Waals surface area (Å²) < 4.78 is 13.4. The van der Waals surface area contributed by atoms with Gasteiger partial charge in [0, 0.05) is 11.8 Å². The van der Waals surface area contributed by atoms with E-state index in [-0.39, 0.29) is 11.8 Å². The van der Waals surface area contributed by atoms with Gasteiger partial charge in [-0.05, 0) is 31.0 Å². The molecule has 2 N–H and O–H groups in total. The monoisotopic (exact) mass is 217 g/mol. The smallest absolute Gasteiger partial charge is 0.220 e. The fourth-order valence-corrected chi connectivity index (χ4v) is 1.49. The van der Waals surface area contributed by atoms with E-state index in [1.165, 1.54) is 6.07 Å². The van der Waals surface area contributed by atoms with Crippen molar-refractivity contribution >= 4 is 5.95 Å². The lowest BCUT2D eigenvalue weighted by Gasteiger charge is -2.06. The van der Waals surface area contributed by atoms with E-state index < -0.39 is 0 Å². The highest BCUT2D eigenvalue weighted by atomic mass is 19.1. The first kappa shape index (κ1) is 10.5. The molecule has 0 amide bonds. The molecule has 2 rings (SSSR count). The van der Waals surface area contributed by atoms with Crippen LogP contribution in [0.5, 0.6) is 0 Å². The Labute approximate surface area is 93.2 Å². The maximum absolute atomic E-state index is 13.4. The van der Waals surface area contributed by atoms with Crippen molar-refractivity contribution in [2.45, 2.75) is 13.8 Å². The topological polar surface area (TPSA) is 51.8 Å². The molecule has 4 heteroatoms. The van der Waals surface area contributed by atoms with Gasteiger partial charge < -0.3 is 5.73 Å². The van der Waals surface area contributed by atoms with Gasteiger partial charge in [-0.3, -0.25) is 0 Å². The lowest BCUT2D eigenvalue weighted by atomic mass is 10.1. The number of aryl methyl sites for hydroxylation is 2. The van der Waals surface area contributed by atoms with Gasteiger partial charge in [0.15, 0.2) is 0 Å². The van der Waals surface area contributed by atoms with Gasteiger partial charge in [-0.15, -0.1) is 0 Å². The van der Waals surface area contributed by atoms with Crippen molar-refractivity contribution in [2.24, 2.45) is 0 Å². The van der Waals surface area contributed by atoms with Crippen LogP contribution >= 0.6 is 0 Å². The van der Waals surface area contributed by atoms with Crippen molar-refractivity contribution in [3.63, 3.8) is 0 Å². The number of nitrogens with two attached hydrogens (primary N) is 1. The molecule has 0 bridgehead atoms. The van der Waals surface area contributed by atoms with Gasteiger partial charge in [0.2, 0.25) is 5.95 Å². The summed E-state index contributed by atoms with van der Waals surface area (Å²) in [4.78, 5) is 7.99. The number of nitrogens with zero attached hydrogens (tertiary/aromatic N) is 2. The van der Waals surface area contributed by atoms with Crippen molar-refractivity contribution in [3.05, 3.63) is 41.3 Å². The summed E-state index contributed by atoms with van der Waals surface area (Å²) in [6.07, 6.45) is 1.63. The summed E-state index contributed by atoms with van der Waals surface area (Å²) in [5, 5.41) is 0. The average molecular weight is 217 g/mol. The fourth-order valence-electron chi connectivity index (χ4n) is 1.49. The Bertz CT molecular complexity index is 538. The zero-order chi connectivity index (χ0) is 11.7. The molecule has 2 aromatic rings. The molecule has 1 aromatic heterocycles. The lowest BCUT2D eigenvalue weighted by molar-refractivity contribution is 0.619. The Balaban J connectivity index is 2.58. The van der Waals surface area contributed by atoms with E-state index in [0.29, 0.717) is 11.3 Å². The van der Waals surface area contributed by atoms with Crippen LogP contribution in [-0.2, 0) is 0 Å². The highest BCUT2D eigenvalue weighted by Crippen LogP contribution is 2.23. The predicted molar refractivity (Wildman–Crippen MR) is 61.3 cm³/mol. The van der Waals surface area contributed by atoms with Gasteiger partial charge in [-0.25, -0.2) is 14.4 Å². The Kier molecular flexibility index (Phi) is 2.56. The summed E-state index contributed by atoms with van der Waals surface area (Å²) in [6.45, 7) is 3.59. The van der Waals surface area contributed by atoms with Crippen LogP contribution in [-0.4, -0.2) is 9.97 Å². The van der Waals surface area contributed by atoms with Crippen LogP contribution in [0.2, 0.25) is 0 Å². The lowest BCUT2D eigenvalue weighted by Crippen LogP contribution is -1.98. The molecule has 1 aromatic carbocycles. The zero-order valence-corrected chi connectivity index (χ0v) is 9.16. The molecule has 0 aliphatic heterocycles. The minimum atomic E-state index is -0.242. The van der Waals surface area contributed by atoms with E-state index in [9.17, 15) is 4.39 Å². The minimum Gasteiger partial charge on any atom is -0.368 e. The van der Waals surface area contributed by atoms with Crippen molar-refractivity contribution in [3.8, 4) is 11.3 Å². The van der Waals surface area contributed by atoms with Gasteiger partial charge in [-0.2, -0.15) is 0 Å². The van der Waals surface area contributed by atoms with Crippen molar-refractivity contribution < 1.29 is 4.39 Å². The summed E-state index contributed by atoms with van der Waals surface area (Å²) in [7, 11) is 0. The molecular weight excluding hydrogens is 205 g/mol. The van der Waals surface area contributed by atoms with Gasteiger partial charge in [0.05, 0.1) is 5.69 Å². The maximum atomic E-state index is 13.4. The quantitative estimate of drug-likeness (QED) is 0.798. The highest BCUT2D eigenvalue weighted by molar-refractivity contribution is 5.63. The largest absolute Gasteiger partial charge is 0.368 e. The normalized spacial score (nSPS) is 10.4. The first-order valence-electron chi connectivity index (χ1n) is 4.93. The second-order valence-electron chi connectivity index (χ2n) is 3.72. The molecule has 0 aliphatic rings. The summed E-state index contributed by atoms with van der Waals surface area (Å²) in [5.41, 5.74) is 8.39. The summed E-state index contributed by atoms with van der Waals surface area (Å²) in [6, 6.07) is 5.01. The Hall–Kier alpha value is -1.97. The highest BCUT2D eigenvalue weighted by Gasteiger charge is 2.07. The van der Waals surface area contributed by atoms with Crippen LogP contribution in [0.25, 0.3) is 11.3 Å². The molecule has 82 valence electrons. The molecule has 1 heterocycles. The molecule has 0 radical (unpaired) electrons. The number of halogens is 1. The van der Waals surface area contributed by atoms with E-state index in [4.69, 9.17) is 5.73 Å². The summed E-state index contributed by atoms with van der Waals surface area (Å²) in [5.74, 6) is -0.0457. The number of nitrogen functional groups attached to an aromatic ring is 1. The first-order valence-corrected chi connectivity index (χ1v) is 4.93. The fraction of sp³-hybridized carbons (Fsp3) is 0.167. The number of anilines is 1. The Morgan fingerprint density at radius 3 is 2.62 bits per heavy atom. The number of benzene rings is 1. The molecule has 0 fully saturated rings. The van der Waals surface area contributed by atoms with E-state index in [1.54, 1.807) is 19.2 Å². The van der Waals surface area contributed by atoms with Gasteiger partial charge in [-0.1, -0.05) is 12.1 Å². The van der Waals surface area contributed by atoms with Gasteiger partial charge in [0.1, 0.15) is 5.82 Å². The molecule has 0 saturated carbocycles. The van der Waals surface area contributed by atoms with Crippen LogP contribution in [0.1, 0.15) is 11.1 Å². The first-order chi connectivity index (χ1) is 7.58. The third-order valence-electron chi connectivity index (χ3n) is 2.44. The minimum absolute atomic E-state index is 0.196. The van der Waals surface area contributed by atoms with Crippen LogP contribution in [0, 0.1) is 19.7 Å². The predicted octanol–water partition coefficient (Wildman–Crippen LogP) is 2.48. The van der Waals surface area contributed by atoms with Crippen LogP contribution < -0.4 is 5.73 Å². The Morgan fingerprint density at radius 1 is 1.19 bits per heavy atom. The van der Waals surface area contributed by atoms with Crippen LogP contribution in [0.15, 0.2) is 24.4 Å². The molecule has 0 unspecified atom stereocenters. The standard InChI is InChI=1S/C12H12FN3/c1-7-3-4-9(5-10(7)13)11-8(2)6-15-12(14)16-11/h3-6H,1-2H3,(H2,14,15,16). The van der Waals surface area contributed by atoms with E-state index in [1.807, 2.05) is 13.0 Å². The van der Waals surface area contributed by atoms with Gasteiger partial charge in [0.25, 0.3) is 0 Å². The van der Waals surface area contributed by atoms with Gasteiger partial charge >= 0.3 is 0 Å². The molecular formula is C12H12FN3. The molecule has 0 spiro atoms. The maximum Gasteiger partial charge on any atom is 0.220 e. The second-order valence-corrected chi connectivity index (χ2v) is 3.72. The zero-order valence-electron chi connectivity index (χ0n) is 9.16. The molecule has 0 saturated heterocycles. The average Bonchev–Trinajstić information content (AvgIpc) is 2.26. The third-order valence-corrected chi connectivity index (χ3v) is 2.44. The van der Waals surface area contributed by atoms with Crippen LogP contribution in [0.4, 0.5) is 10.3 Å². The van der Waals surface area contributed by atoms with Crippen molar-refractivity contribution in [1.29, 1.82) is 0 Å². The second kappa shape index (κ2) is 3.89. The number of hydrogen-bond donors (Lipinski definition) is 1. The molecule has 0 aliphatic carbocycles. The Morgan fingerprint density at radius 2 is 1.94 bits per heavy atom. The van der Waals surface area contributed by atoms with E-state index in [2.05, 4.69) is 9.97 Å². The number of hydrogen-bond acceptors (Lipinski definition) is 3. The molecule has 16 heavy (non-hydrogen) atoms. The number of rotatable bonds is 1.